The van der Waals surface area contributed by atoms with Crippen LogP contribution in [0.4, 0.5) is 0 Å². The van der Waals surface area contributed by atoms with Crippen molar-refractivity contribution in [2.75, 3.05) is 19.8 Å². The van der Waals surface area contributed by atoms with Crippen molar-refractivity contribution in [3.05, 3.63) is 0 Å². The van der Waals surface area contributed by atoms with E-state index in [-0.39, 0.29) is 0 Å². The summed E-state index contributed by atoms with van der Waals surface area (Å²) in [6, 6.07) is 0. The molecule has 0 radical (unpaired) electrons. The molecule has 0 atom stereocenters. The Morgan fingerprint density at radius 1 is 0.857 bits per heavy atom. The Kier molecular flexibility index (Phi) is 8.41. The van der Waals surface area contributed by atoms with Gasteiger partial charge in [-0.1, -0.05) is 19.3 Å². The molecule has 0 aliphatic heterocycles. The zero-order valence-corrected chi connectivity index (χ0v) is 10.5. The average Bonchev–Trinajstić information content (AvgIpc) is 2.90. The molecule has 1 saturated carbocycles. The van der Waals surface area contributed by atoms with Crippen LogP contribution in [0.15, 0.2) is 0 Å². The van der Waals surface area contributed by atoms with Crippen LogP contribution < -0.4 is 5.40 Å². The second-order valence-corrected chi connectivity index (χ2v) is 5.04. The van der Waals surface area contributed by atoms with Gasteiger partial charge in [-0.05, 0) is 20.8 Å². The Morgan fingerprint density at radius 2 is 1.14 bits per heavy atom. The molecule has 2 N–H and O–H groups in total. The molecule has 1 aliphatic rings. The van der Waals surface area contributed by atoms with Crippen molar-refractivity contribution >= 4 is 8.97 Å². The minimum atomic E-state index is -2.75. The van der Waals surface area contributed by atoms with E-state index in [2.05, 4.69) is 0 Å². The first-order valence-electron chi connectivity index (χ1n) is 5.39. The normalized spacial score (nSPS) is 14.6. The third-order valence-corrected chi connectivity index (χ3v) is 3.46. The van der Waals surface area contributed by atoms with Crippen LogP contribution in [0, 0.1) is 0 Å². The quantitative estimate of drug-likeness (QED) is 0.693. The fraction of sp³-hybridized carbons (Fsp3) is 1.00. The molecule has 1 rings (SSSR count). The molecule has 86 valence electrons. The van der Waals surface area contributed by atoms with Crippen LogP contribution in [0.2, 0.25) is 0 Å². The summed E-state index contributed by atoms with van der Waals surface area (Å²) in [4.78, 5) is 0. The van der Waals surface area contributed by atoms with Crippen molar-refractivity contribution in [2.24, 2.45) is 5.40 Å². The molecule has 0 amide bonds. The van der Waals surface area contributed by atoms with Gasteiger partial charge in [0, 0.05) is 19.8 Å². The van der Waals surface area contributed by atoms with Crippen molar-refractivity contribution in [3.63, 3.8) is 0 Å². The summed E-state index contributed by atoms with van der Waals surface area (Å²) in [7, 11) is -2.75. The maximum Gasteiger partial charge on any atom is 0.594 e. The van der Waals surface area contributed by atoms with Gasteiger partial charge >= 0.3 is 8.97 Å². The standard InChI is InChI=1S/C6H17NO3Si.C3H6/c1-4-8-11(7,9-5-2)10-6-3;1-2-3-1/h4-7H2,1-3H3;1-3H2. The van der Waals surface area contributed by atoms with E-state index in [1.807, 2.05) is 20.8 Å². The first-order valence-corrected chi connectivity index (χ1v) is 7.19. The fourth-order valence-electron chi connectivity index (χ4n) is 0.729. The molecule has 0 spiro atoms. The maximum atomic E-state index is 5.70. The van der Waals surface area contributed by atoms with Crippen LogP contribution in [0.5, 0.6) is 0 Å². The highest BCUT2D eigenvalue weighted by Gasteiger charge is 2.35. The van der Waals surface area contributed by atoms with Gasteiger partial charge in [0.25, 0.3) is 0 Å². The first kappa shape index (κ1) is 14.1. The second-order valence-electron chi connectivity index (χ2n) is 2.96. The molecule has 1 aliphatic carbocycles. The summed E-state index contributed by atoms with van der Waals surface area (Å²) in [5, 5.41) is 5.70. The molecular weight excluding hydrogens is 198 g/mol. The van der Waals surface area contributed by atoms with Gasteiger partial charge in [-0.15, -0.1) is 0 Å². The fourth-order valence-corrected chi connectivity index (χ4v) is 2.19. The smallest absolute Gasteiger partial charge is 0.362 e. The van der Waals surface area contributed by atoms with E-state index in [4.69, 9.17) is 18.7 Å². The summed E-state index contributed by atoms with van der Waals surface area (Å²) in [6.07, 6.45) is 4.50. The Bertz CT molecular complexity index is 113. The Morgan fingerprint density at radius 3 is 1.29 bits per heavy atom. The van der Waals surface area contributed by atoms with E-state index in [0.29, 0.717) is 19.8 Å². The lowest BCUT2D eigenvalue weighted by atomic mass is 10.9. The molecular formula is C9H23NO3Si. The van der Waals surface area contributed by atoms with Crippen LogP contribution in [0.25, 0.3) is 0 Å². The van der Waals surface area contributed by atoms with Crippen LogP contribution in [-0.2, 0) is 13.3 Å². The molecule has 5 heteroatoms. The molecule has 0 bridgehead atoms. The Balaban J connectivity index is 0.000000469. The zero-order valence-electron chi connectivity index (χ0n) is 9.54. The molecule has 1 fully saturated rings. The van der Waals surface area contributed by atoms with Gasteiger partial charge in [-0.2, -0.15) is 0 Å². The lowest BCUT2D eigenvalue weighted by Gasteiger charge is -2.22. The monoisotopic (exact) mass is 221 g/mol. The highest BCUT2D eigenvalue weighted by atomic mass is 28.4. The van der Waals surface area contributed by atoms with Crippen molar-refractivity contribution in [3.8, 4) is 0 Å². The van der Waals surface area contributed by atoms with E-state index in [1.165, 1.54) is 19.3 Å². The summed E-state index contributed by atoms with van der Waals surface area (Å²) in [5.41, 5.74) is 0. The van der Waals surface area contributed by atoms with Gasteiger partial charge in [-0.3, -0.25) is 5.40 Å². The van der Waals surface area contributed by atoms with Gasteiger partial charge < -0.3 is 13.3 Å². The van der Waals surface area contributed by atoms with Gasteiger partial charge in [0.05, 0.1) is 0 Å². The molecule has 0 saturated heterocycles. The van der Waals surface area contributed by atoms with Crippen LogP contribution >= 0.6 is 0 Å². The predicted molar refractivity (Wildman–Crippen MR) is 58.7 cm³/mol. The molecule has 0 aromatic carbocycles. The summed E-state index contributed by atoms with van der Waals surface area (Å²) in [6.45, 7) is 7.19. The maximum absolute atomic E-state index is 5.70. The Hall–Kier alpha value is 0.0569. The number of hydrogen-bond acceptors (Lipinski definition) is 4. The van der Waals surface area contributed by atoms with Gasteiger partial charge in [0.1, 0.15) is 0 Å². The summed E-state index contributed by atoms with van der Waals surface area (Å²) < 4.78 is 15.5. The minimum Gasteiger partial charge on any atom is -0.362 e. The van der Waals surface area contributed by atoms with Gasteiger partial charge in [0.2, 0.25) is 0 Å². The van der Waals surface area contributed by atoms with E-state index >= 15 is 0 Å². The van der Waals surface area contributed by atoms with Crippen LogP contribution in [0.1, 0.15) is 40.0 Å². The lowest BCUT2D eigenvalue weighted by molar-refractivity contribution is 0.0723. The molecule has 4 nitrogen and oxygen atoms in total. The molecule has 0 aromatic heterocycles. The predicted octanol–water partition coefficient (Wildman–Crippen LogP) is 1.66. The van der Waals surface area contributed by atoms with Gasteiger partial charge in [0.15, 0.2) is 0 Å². The van der Waals surface area contributed by atoms with Crippen molar-refractivity contribution in [1.29, 1.82) is 0 Å². The van der Waals surface area contributed by atoms with E-state index < -0.39 is 8.97 Å². The minimum absolute atomic E-state index is 0.530. The highest BCUT2D eigenvalue weighted by Crippen LogP contribution is 2.14. The number of nitrogens with two attached hydrogens (primary N) is 1. The van der Waals surface area contributed by atoms with Gasteiger partial charge in [-0.25, -0.2) is 0 Å². The lowest BCUT2D eigenvalue weighted by Crippen LogP contribution is -2.55. The third-order valence-electron chi connectivity index (χ3n) is 1.39. The number of hydrogen-bond donors (Lipinski definition) is 1. The second kappa shape index (κ2) is 8.37. The SMILES string of the molecule is C1CC1.CCO[Si](N)(OCC)OCC. The molecule has 0 unspecified atom stereocenters. The van der Waals surface area contributed by atoms with Crippen molar-refractivity contribution in [2.45, 2.75) is 40.0 Å². The zero-order chi connectivity index (χ0) is 10.9. The van der Waals surface area contributed by atoms with E-state index in [0.717, 1.165) is 0 Å². The average molecular weight is 221 g/mol. The van der Waals surface area contributed by atoms with Crippen molar-refractivity contribution < 1.29 is 13.3 Å². The molecule has 0 aromatic rings. The molecule has 0 heterocycles. The third kappa shape index (κ3) is 8.65. The topological polar surface area (TPSA) is 53.7 Å². The number of rotatable bonds is 6. The molecule has 14 heavy (non-hydrogen) atoms. The largest absolute Gasteiger partial charge is 0.594 e. The van der Waals surface area contributed by atoms with E-state index in [9.17, 15) is 0 Å². The van der Waals surface area contributed by atoms with Crippen molar-refractivity contribution in [1.82, 2.24) is 0 Å². The van der Waals surface area contributed by atoms with Crippen LogP contribution in [0.3, 0.4) is 0 Å². The van der Waals surface area contributed by atoms with E-state index in [1.54, 1.807) is 0 Å². The highest BCUT2D eigenvalue weighted by molar-refractivity contribution is 6.56. The van der Waals surface area contributed by atoms with Crippen LogP contribution in [-0.4, -0.2) is 28.8 Å². The first-order chi connectivity index (χ1) is 6.68. The Labute approximate surface area is 88.2 Å². The summed E-state index contributed by atoms with van der Waals surface area (Å²) >= 11 is 0. The summed E-state index contributed by atoms with van der Waals surface area (Å²) in [5.74, 6) is 0.